The fraction of sp³-hybridized carbons (Fsp3) is 0.267. The quantitative estimate of drug-likeness (QED) is 0.882. The third-order valence-corrected chi connectivity index (χ3v) is 3.29. The summed E-state index contributed by atoms with van der Waals surface area (Å²) in [6.45, 7) is 3.82. The average Bonchev–Trinajstić information content (AvgIpc) is 2.46. The third-order valence-electron chi connectivity index (χ3n) is 2.98. The zero-order valence-corrected chi connectivity index (χ0v) is 12.0. The fourth-order valence-electron chi connectivity index (χ4n) is 1.78. The number of nitrogens with zero attached hydrogens (tertiary/aromatic N) is 2. The molecule has 1 amide bonds. The van der Waals surface area contributed by atoms with Crippen molar-refractivity contribution in [2.24, 2.45) is 5.41 Å². The van der Waals surface area contributed by atoms with Crippen molar-refractivity contribution in [1.82, 2.24) is 10.3 Å². The fourth-order valence-corrected chi connectivity index (χ4v) is 1.99. The van der Waals surface area contributed by atoms with Crippen LogP contribution in [-0.4, -0.2) is 17.4 Å². The third kappa shape index (κ3) is 2.89. The van der Waals surface area contributed by atoms with E-state index in [9.17, 15) is 4.79 Å². The highest BCUT2D eigenvalue weighted by molar-refractivity contribution is 6.34. The molecule has 0 saturated heterocycles. The first-order valence-corrected chi connectivity index (χ1v) is 6.55. The molecule has 1 aromatic carbocycles. The second-order valence-electron chi connectivity index (χ2n) is 5.19. The molecule has 2 aromatic rings. The van der Waals surface area contributed by atoms with Gasteiger partial charge in [-0.3, -0.25) is 4.79 Å². The second kappa shape index (κ2) is 5.48. The number of benzene rings is 1. The Morgan fingerprint density at radius 2 is 2.05 bits per heavy atom. The highest BCUT2D eigenvalue weighted by atomic mass is 35.5. The first-order chi connectivity index (χ1) is 9.44. The van der Waals surface area contributed by atoms with Crippen LogP contribution in [0.5, 0.6) is 0 Å². The summed E-state index contributed by atoms with van der Waals surface area (Å²) >= 11 is 6.02. The molecule has 0 radical (unpaired) electrons. The van der Waals surface area contributed by atoms with Crippen molar-refractivity contribution in [3.63, 3.8) is 0 Å². The maximum absolute atomic E-state index is 12.2. The molecule has 102 valence electrons. The summed E-state index contributed by atoms with van der Waals surface area (Å²) < 4.78 is 0. The van der Waals surface area contributed by atoms with E-state index in [0.29, 0.717) is 10.7 Å². The number of hydrogen-bond donors (Lipinski definition) is 1. The number of halogens is 1. The van der Waals surface area contributed by atoms with E-state index in [1.807, 2.05) is 24.3 Å². The summed E-state index contributed by atoms with van der Waals surface area (Å²) in [4.78, 5) is 16.3. The van der Waals surface area contributed by atoms with Crippen LogP contribution in [0, 0.1) is 16.7 Å². The van der Waals surface area contributed by atoms with Crippen molar-refractivity contribution in [3.8, 4) is 6.07 Å². The van der Waals surface area contributed by atoms with E-state index >= 15 is 0 Å². The molecule has 0 spiro atoms. The molecule has 0 aliphatic rings. The normalized spacial score (nSPS) is 11.1. The van der Waals surface area contributed by atoms with Gasteiger partial charge in [-0.15, -0.1) is 0 Å². The van der Waals surface area contributed by atoms with Gasteiger partial charge < -0.3 is 5.32 Å². The Bertz CT molecular complexity index is 704. The van der Waals surface area contributed by atoms with Crippen molar-refractivity contribution in [2.75, 3.05) is 6.54 Å². The van der Waals surface area contributed by atoms with Crippen LogP contribution in [-0.2, 0) is 0 Å². The molecule has 5 heteroatoms. The van der Waals surface area contributed by atoms with Crippen LogP contribution in [0.25, 0.3) is 10.8 Å². The molecule has 2 rings (SSSR count). The number of nitrogens with one attached hydrogen (secondary N) is 1. The van der Waals surface area contributed by atoms with Crippen molar-refractivity contribution >= 4 is 28.3 Å². The SMILES string of the molecule is CC(C)(C#N)CNC(=O)c1cnc(Cl)c2ccccc12. The van der Waals surface area contributed by atoms with E-state index in [1.54, 1.807) is 13.8 Å². The molecule has 20 heavy (non-hydrogen) atoms. The Morgan fingerprint density at radius 3 is 2.70 bits per heavy atom. The number of pyridine rings is 1. The summed E-state index contributed by atoms with van der Waals surface area (Å²) in [5, 5.41) is 13.6. The topological polar surface area (TPSA) is 65.8 Å². The van der Waals surface area contributed by atoms with Crippen LogP contribution in [0.1, 0.15) is 24.2 Å². The minimum absolute atomic E-state index is 0.256. The molecule has 0 aliphatic heterocycles. The minimum atomic E-state index is -0.606. The number of carbonyl (C=O) groups is 1. The molecule has 0 saturated carbocycles. The van der Waals surface area contributed by atoms with Crippen LogP contribution in [0.3, 0.4) is 0 Å². The van der Waals surface area contributed by atoms with Gasteiger partial charge in [0.05, 0.1) is 17.0 Å². The Kier molecular flexibility index (Phi) is 3.91. The Labute approximate surface area is 122 Å². The minimum Gasteiger partial charge on any atom is -0.350 e. The van der Waals surface area contributed by atoms with Gasteiger partial charge in [0.15, 0.2) is 0 Å². The molecule has 0 atom stereocenters. The number of carbonyl (C=O) groups excluding carboxylic acids is 1. The highest BCUT2D eigenvalue weighted by Gasteiger charge is 2.19. The largest absolute Gasteiger partial charge is 0.350 e. The molecule has 0 unspecified atom stereocenters. The number of hydrogen-bond acceptors (Lipinski definition) is 3. The maximum Gasteiger partial charge on any atom is 0.253 e. The van der Waals surface area contributed by atoms with Gasteiger partial charge in [-0.2, -0.15) is 5.26 Å². The first-order valence-electron chi connectivity index (χ1n) is 6.17. The van der Waals surface area contributed by atoms with Crippen molar-refractivity contribution < 1.29 is 4.79 Å². The van der Waals surface area contributed by atoms with Crippen LogP contribution >= 0.6 is 11.6 Å². The smallest absolute Gasteiger partial charge is 0.253 e. The lowest BCUT2D eigenvalue weighted by Crippen LogP contribution is -2.33. The lowest BCUT2D eigenvalue weighted by Gasteiger charge is -2.16. The summed E-state index contributed by atoms with van der Waals surface area (Å²) in [6.07, 6.45) is 1.46. The molecule has 0 bridgehead atoms. The summed E-state index contributed by atoms with van der Waals surface area (Å²) in [5.74, 6) is -0.256. The van der Waals surface area contributed by atoms with Crippen molar-refractivity contribution in [1.29, 1.82) is 5.26 Å². The van der Waals surface area contributed by atoms with E-state index in [1.165, 1.54) is 6.20 Å². The van der Waals surface area contributed by atoms with E-state index in [4.69, 9.17) is 16.9 Å². The average molecular weight is 288 g/mol. The van der Waals surface area contributed by atoms with Gasteiger partial charge in [-0.25, -0.2) is 4.98 Å². The molecular formula is C15H14ClN3O. The molecular weight excluding hydrogens is 274 g/mol. The van der Waals surface area contributed by atoms with Gasteiger partial charge in [0.2, 0.25) is 0 Å². The lowest BCUT2D eigenvalue weighted by molar-refractivity contribution is 0.0945. The summed E-state index contributed by atoms with van der Waals surface area (Å²) in [7, 11) is 0. The monoisotopic (exact) mass is 287 g/mol. The van der Waals surface area contributed by atoms with Gasteiger partial charge in [-0.05, 0) is 19.2 Å². The van der Waals surface area contributed by atoms with E-state index < -0.39 is 5.41 Å². The highest BCUT2D eigenvalue weighted by Crippen LogP contribution is 2.24. The molecule has 1 N–H and O–H groups in total. The lowest BCUT2D eigenvalue weighted by atomic mass is 9.96. The summed E-state index contributed by atoms with van der Waals surface area (Å²) in [5.41, 5.74) is -0.149. The Morgan fingerprint density at radius 1 is 1.40 bits per heavy atom. The Hall–Kier alpha value is -2.12. The van der Waals surface area contributed by atoms with Crippen molar-refractivity contribution in [3.05, 3.63) is 41.2 Å². The predicted molar refractivity (Wildman–Crippen MR) is 78.5 cm³/mol. The molecule has 4 nitrogen and oxygen atoms in total. The van der Waals surface area contributed by atoms with Gasteiger partial charge in [0.1, 0.15) is 5.15 Å². The number of aromatic nitrogens is 1. The van der Waals surface area contributed by atoms with Crippen LogP contribution < -0.4 is 5.32 Å². The van der Waals surface area contributed by atoms with Crippen LogP contribution in [0.2, 0.25) is 5.15 Å². The number of amides is 1. The van der Waals surface area contributed by atoms with E-state index in [0.717, 1.165) is 10.8 Å². The second-order valence-corrected chi connectivity index (χ2v) is 5.54. The number of rotatable bonds is 3. The van der Waals surface area contributed by atoms with Gasteiger partial charge in [0.25, 0.3) is 5.91 Å². The molecule has 1 heterocycles. The Balaban J connectivity index is 2.32. The molecule has 0 fully saturated rings. The first kappa shape index (κ1) is 14.3. The van der Waals surface area contributed by atoms with E-state index in [-0.39, 0.29) is 12.5 Å². The number of fused-ring (bicyclic) bond motifs is 1. The van der Waals surface area contributed by atoms with Gasteiger partial charge in [-0.1, -0.05) is 35.9 Å². The van der Waals surface area contributed by atoms with Crippen LogP contribution in [0.4, 0.5) is 0 Å². The maximum atomic E-state index is 12.2. The van der Waals surface area contributed by atoms with Crippen LogP contribution in [0.15, 0.2) is 30.5 Å². The molecule has 0 aliphatic carbocycles. The van der Waals surface area contributed by atoms with Gasteiger partial charge >= 0.3 is 0 Å². The molecule has 1 aromatic heterocycles. The standard InChI is InChI=1S/C15H14ClN3O/c1-15(2,8-17)9-19-14(20)12-7-18-13(16)11-6-4-3-5-10(11)12/h3-7H,9H2,1-2H3,(H,19,20). The van der Waals surface area contributed by atoms with Crippen molar-refractivity contribution in [2.45, 2.75) is 13.8 Å². The zero-order valence-electron chi connectivity index (χ0n) is 11.3. The number of nitriles is 1. The van der Waals surface area contributed by atoms with E-state index in [2.05, 4.69) is 16.4 Å². The van der Waals surface area contributed by atoms with Gasteiger partial charge in [0, 0.05) is 18.1 Å². The predicted octanol–water partition coefficient (Wildman–Crippen LogP) is 3.17. The summed E-state index contributed by atoms with van der Waals surface area (Å²) in [6, 6.07) is 9.48. The zero-order chi connectivity index (χ0) is 14.8.